The molecule has 8 heteroatoms. The molecule has 2 amide bonds. The molecule has 1 aliphatic heterocycles. The molecule has 0 unspecified atom stereocenters. The van der Waals surface area contributed by atoms with E-state index < -0.39 is 23.7 Å². The Morgan fingerprint density at radius 2 is 1.88 bits per heavy atom. The molecule has 168 valence electrons. The molecule has 1 fully saturated rings. The van der Waals surface area contributed by atoms with Gasteiger partial charge in [-0.3, -0.25) is 19.3 Å². The topological polar surface area (TPSA) is 82.1 Å². The molecule has 1 saturated heterocycles. The number of rotatable bonds is 9. The zero-order valence-electron chi connectivity index (χ0n) is 18.2. The minimum atomic E-state index is -0.607. The van der Waals surface area contributed by atoms with E-state index in [1.807, 2.05) is 37.3 Å². The Morgan fingerprint density at radius 1 is 1.12 bits per heavy atom. The number of benzene rings is 2. The van der Waals surface area contributed by atoms with E-state index in [1.54, 1.807) is 31.2 Å². The monoisotopic (exact) mass is 455 g/mol. The summed E-state index contributed by atoms with van der Waals surface area (Å²) in [5, 5.41) is -0.503. The second-order valence-corrected chi connectivity index (χ2v) is 8.15. The molecule has 0 aromatic heterocycles. The highest BCUT2D eigenvalue weighted by atomic mass is 32.2. The second-order valence-electron chi connectivity index (χ2n) is 7.16. The first-order valence-electron chi connectivity index (χ1n) is 10.2. The molecule has 0 aliphatic carbocycles. The Kier molecular flexibility index (Phi) is 7.94. The van der Waals surface area contributed by atoms with Gasteiger partial charge in [-0.2, -0.15) is 0 Å². The van der Waals surface area contributed by atoms with E-state index in [2.05, 4.69) is 0 Å². The van der Waals surface area contributed by atoms with Crippen LogP contribution in [0.5, 0.6) is 11.5 Å². The highest BCUT2D eigenvalue weighted by Crippen LogP contribution is 2.34. The summed E-state index contributed by atoms with van der Waals surface area (Å²) in [6.07, 6.45) is 1.97. The van der Waals surface area contributed by atoms with E-state index in [0.717, 1.165) is 22.2 Å². The van der Waals surface area contributed by atoms with E-state index in [9.17, 15) is 14.4 Å². The number of hydrogen-bond acceptors (Lipinski definition) is 7. The molecule has 1 heterocycles. The predicted molar refractivity (Wildman–Crippen MR) is 122 cm³/mol. The summed E-state index contributed by atoms with van der Waals surface area (Å²) in [5.74, 6) is -0.0607. The summed E-state index contributed by atoms with van der Waals surface area (Å²) in [6.45, 7) is 3.63. The van der Waals surface area contributed by atoms with E-state index in [4.69, 9.17) is 14.2 Å². The van der Waals surface area contributed by atoms with Crippen LogP contribution in [0.1, 0.15) is 31.4 Å². The Hall–Kier alpha value is -3.26. The van der Waals surface area contributed by atoms with Gasteiger partial charge in [-0.05, 0) is 54.4 Å². The third-order valence-electron chi connectivity index (χ3n) is 4.79. The SMILES string of the molecule is CC[C@H](C)OC(=O)CN1C(=O)S/C(=C/c2ccc(OCc3ccccc3)c(OC)c2)C1=O. The minimum absolute atomic E-state index is 0.228. The summed E-state index contributed by atoms with van der Waals surface area (Å²) in [4.78, 5) is 38.0. The largest absolute Gasteiger partial charge is 0.493 e. The van der Waals surface area contributed by atoms with Gasteiger partial charge in [-0.1, -0.05) is 43.3 Å². The highest BCUT2D eigenvalue weighted by molar-refractivity contribution is 8.18. The van der Waals surface area contributed by atoms with Gasteiger partial charge in [0.15, 0.2) is 11.5 Å². The number of amides is 2. The molecule has 0 spiro atoms. The lowest BCUT2D eigenvalue weighted by molar-refractivity contribution is -0.150. The predicted octanol–water partition coefficient (Wildman–Crippen LogP) is 4.65. The average Bonchev–Trinajstić information content (AvgIpc) is 3.05. The summed E-state index contributed by atoms with van der Waals surface area (Å²) in [5.41, 5.74) is 1.70. The number of nitrogens with zero attached hydrogens (tertiary/aromatic N) is 1. The van der Waals surface area contributed by atoms with Crippen molar-refractivity contribution in [3.8, 4) is 11.5 Å². The van der Waals surface area contributed by atoms with Gasteiger partial charge >= 0.3 is 5.97 Å². The van der Waals surface area contributed by atoms with Crippen LogP contribution in [0.4, 0.5) is 4.79 Å². The maximum Gasteiger partial charge on any atom is 0.326 e. The van der Waals surface area contributed by atoms with Crippen molar-refractivity contribution in [1.29, 1.82) is 0 Å². The lowest BCUT2D eigenvalue weighted by atomic mass is 10.1. The van der Waals surface area contributed by atoms with Crippen molar-refractivity contribution in [3.63, 3.8) is 0 Å². The van der Waals surface area contributed by atoms with Gasteiger partial charge in [0.1, 0.15) is 13.2 Å². The van der Waals surface area contributed by atoms with Crippen molar-refractivity contribution in [2.24, 2.45) is 0 Å². The van der Waals surface area contributed by atoms with Crippen molar-refractivity contribution in [3.05, 3.63) is 64.6 Å². The molecule has 3 rings (SSSR count). The maximum absolute atomic E-state index is 12.6. The van der Waals surface area contributed by atoms with E-state index in [-0.39, 0.29) is 11.0 Å². The van der Waals surface area contributed by atoms with Gasteiger partial charge in [0.05, 0.1) is 18.1 Å². The quantitative estimate of drug-likeness (QED) is 0.402. The first-order chi connectivity index (χ1) is 15.4. The van der Waals surface area contributed by atoms with Crippen molar-refractivity contribution < 1.29 is 28.6 Å². The lowest BCUT2D eigenvalue weighted by Crippen LogP contribution is -2.35. The number of methoxy groups -OCH3 is 1. The van der Waals surface area contributed by atoms with Crippen LogP contribution in [0, 0.1) is 0 Å². The fourth-order valence-electron chi connectivity index (χ4n) is 2.89. The van der Waals surface area contributed by atoms with Crippen LogP contribution in [0.3, 0.4) is 0 Å². The summed E-state index contributed by atoms with van der Waals surface area (Å²) in [6, 6.07) is 15.0. The third-order valence-corrected chi connectivity index (χ3v) is 5.70. The standard InChI is InChI=1S/C24H25NO6S/c1-4-16(2)31-22(26)14-25-23(27)21(32-24(25)28)13-18-10-11-19(20(12-18)29-3)30-15-17-8-6-5-7-9-17/h5-13,16H,4,14-15H2,1-3H3/b21-13+/t16-/m0/s1. The van der Waals surface area contributed by atoms with Gasteiger partial charge in [0, 0.05) is 0 Å². The Bertz CT molecular complexity index is 1020. The zero-order chi connectivity index (χ0) is 23.1. The number of ether oxygens (including phenoxy) is 3. The summed E-state index contributed by atoms with van der Waals surface area (Å²) >= 11 is 0.787. The van der Waals surface area contributed by atoms with Crippen molar-refractivity contribution in [2.45, 2.75) is 33.0 Å². The van der Waals surface area contributed by atoms with Crippen LogP contribution >= 0.6 is 11.8 Å². The molecular weight excluding hydrogens is 430 g/mol. The minimum Gasteiger partial charge on any atom is -0.493 e. The van der Waals surface area contributed by atoms with Gasteiger partial charge in [0.25, 0.3) is 11.1 Å². The Labute approximate surface area is 191 Å². The van der Waals surface area contributed by atoms with E-state index in [0.29, 0.717) is 30.1 Å². The lowest BCUT2D eigenvalue weighted by Gasteiger charge is -2.14. The molecular formula is C24H25NO6S. The van der Waals surface area contributed by atoms with Gasteiger partial charge in [-0.25, -0.2) is 0 Å². The van der Waals surface area contributed by atoms with Crippen molar-refractivity contribution in [2.75, 3.05) is 13.7 Å². The normalized spacial score (nSPS) is 15.7. The first kappa shape index (κ1) is 23.4. The third kappa shape index (κ3) is 5.91. The summed E-state index contributed by atoms with van der Waals surface area (Å²) in [7, 11) is 1.53. The number of carbonyl (C=O) groups excluding carboxylic acids is 3. The van der Waals surface area contributed by atoms with Gasteiger partial charge in [-0.15, -0.1) is 0 Å². The molecule has 0 radical (unpaired) electrons. The first-order valence-corrected chi connectivity index (χ1v) is 11.0. The fourth-order valence-corrected chi connectivity index (χ4v) is 3.73. The number of esters is 1. The number of hydrogen-bond donors (Lipinski definition) is 0. The van der Waals surface area contributed by atoms with Crippen molar-refractivity contribution in [1.82, 2.24) is 4.90 Å². The van der Waals surface area contributed by atoms with Crippen LogP contribution in [0.2, 0.25) is 0 Å². The van der Waals surface area contributed by atoms with Crippen LogP contribution < -0.4 is 9.47 Å². The average molecular weight is 456 g/mol. The second kappa shape index (κ2) is 10.9. The molecule has 1 aliphatic rings. The highest BCUT2D eigenvalue weighted by Gasteiger charge is 2.36. The maximum atomic E-state index is 12.6. The molecule has 1 atom stereocenters. The molecule has 0 N–H and O–H groups in total. The molecule has 2 aromatic carbocycles. The smallest absolute Gasteiger partial charge is 0.326 e. The molecule has 7 nitrogen and oxygen atoms in total. The van der Waals surface area contributed by atoms with Crippen LogP contribution in [-0.2, 0) is 20.9 Å². The number of thioether (sulfide) groups is 1. The summed E-state index contributed by atoms with van der Waals surface area (Å²) < 4.78 is 16.4. The van der Waals surface area contributed by atoms with Gasteiger partial charge in [0.2, 0.25) is 0 Å². The number of imide groups is 1. The molecule has 0 bridgehead atoms. The van der Waals surface area contributed by atoms with E-state index in [1.165, 1.54) is 7.11 Å². The number of carbonyl (C=O) groups is 3. The van der Waals surface area contributed by atoms with Crippen LogP contribution in [-0.4, -0.2) is 41.8 Å². The van der Waals surface area contributed by atoms with Crippen LogP contribution in [0.25, 0.3) is 6.08 Å². The fraction of sp³-hybridized carbons (Fsp3) is 0.292. The molecule has 0 saturated carbocycles. The Morgan fingerprint density at radius 3 is 2.56 bits per heavy atom. The van der Waals surface area contributed by atoms with Gasteiger partial charge < -0.3 is 14.2 Å². The Balaban J connectivity index is 1.70. The zero-order valence-corrected chi connectivity index (χ0v) is 19.0. The van der Waals surface area contributed by atoms with Crippen molar-refractivity contribution >= 4 is 35.0 Å². The van der Waals surface area contributed by atoms with E-state index >= 15 is 0 Å². The molecule has 32 heavy (non-hydrogen) atoms. The van der Waals surface area contributed by atoms with Crippen LogP contribution in [0.15, 0.2) is 53.4 Å². The molecule has 2 aromatic rings.